The maximum atomic E-state index is 14.4. The average Bonchev–Trinajstić information content (AvgIpc) is 3.60. The minimum absolute atomic E-state index is 0.273. The molecule has 6 rings (SSSR count). The third-order valence-corrected chi connectivity index (χ3v) is 8.85. The van der Waals surface area contributed by atoms with Crippen molar-refractivity contribution >= 4 is 29.2 Å². The number of nitrogens with zero attached hydrogens (tertiary/aromatic N) is 2. The summed E-state index contributed by atoms with van der Waals surface area (Å²) < 4.78 is 11.7. The van der Waals surface area contributed by atoms with Crippen LogP contribution in [0.4, 0.5) is 11.5 Å². The Morgan fingerprint density at radius 3 is 2.38 bits per heavy atom. The number of aromatic nitrogens is 1. The number of benzene rings is 1. The molecule has 1 aromatic carbocycles. The molecule has 2 N–H and O–H groups in total. The van der Waals surface area contributed by atoms with Crippen LogP contribution in [0.2, 0.25) is 0 Å². The molecule has 3 fully saturated rings. The van der Waals surface area contributed by atoms with Crippen molar-refractivity contribution in [3.63, 3.8) is 0 Å². The summed E-state index contributed by atoms with van der Waals surface area (Å²) in [5, 5.41) is 9.74. The first-order valence-corrected chi connectivity index (χ1v) is 14.3. The summed E-state index contributed by atoms with van der Waals surface area (Å²) in [6.07, 6.45) is 9.73. The van der Waals surface area contributed by atoms with Gasteiger partial charge in [-0.05, 0) is 71.1 Å². The van der Waals surface area contributed by atoms with Crippen LogP contribution in [-0.2, 0) is 19.1 Å². The second kappa shape index (κ2) is 9.29. The van der Waals surface area contributed by atoms with Gasteiger partial charge in [0, 0.05) is 17.3 Å². The molecule has 9 heteroatoms. The smallest absolute Gasteiger partial charge is 0.246 e. The fourth-order valence-corrected chi connectivity index (χ4v) is 7.22. The lowest BCUT2D eigenvalue weighted by Crippen LogP contribution is -2.58. The van der Waals surface area contributed by atoms with E-state index in [4.69, 9.17) is 9.26 Å². The van der Waals surface area contributed by atoms with Crippen molar-refractivity contribution in [2.45, 2.75) is 95.4 Å². The lowest BCUT2D eigenvalue weighted by molar-refractivity contribution is -0.131. The molecule has 9 nitrogen and oxygen atoms in total. The van der Waals surface area contributed by atoms with Gasteiger partial charge in [-0.3, -0.25) is 19.3 Å². The van der Waals surface area contributed by atoms with Crippen LogP contribution in [0.1, 0.15) is 77.0 Å². The maximum Gasteiger partial charge on any atom is 0.246 e. The number of anilines is 2. The summed E-state index contributed by atoms with van der Waals surface area (Å²) in [7, 11) is 0. The van der Waals surface area contributed by atoms with Gasteiger partial charge in [0.25, 0.3) is 0 Å². The predicted molar refractivity (Wildman–Crippen MR) is 150 cm³/mol. The number of hydrogen-bond acceptors (Lipinski definition) is 6. The number of carbonyl (C=O) groups is 3. The molecule has 212 valence electrons. The Kier molecular flexibility index (Phi) is 6.22. The van der Waals surface area contributed by atoms with E-state index in [2.05, 4.69) is 27.9 Å². The number of fused-ring (bicyclic) bond motifs is 1. The molecule has 2 saturated heterocycles. The molecule has 2 bridgehead atoms. The van der Waals surface area contributed by atoms with Crippen LogP contribution in [-0.4, -0.2) is 45.7 Å². The fourth-order valence-electron chi connectivity index (χ4n) is 7.22. The summed E-state index contributed by atoms with van der Waals surface area (Å²) in [6.45, 7) is 9.24. The van der Waals surface area contributed by atoms with Gasteiger partial charge >= 0.3 is 0 Å². The van der Waals surface area contributed by atoms with Crippen LogP contribution in [0.25, 0.3) is 0 Å². The molecule has 1 spiro atoms. The average molecular weight is 547 g/mol. The third kappa shape index (κ3) is 4.26. The van der Waals surface area contributed by atoms with E-state index in [0.29, 0.717) is 17.4 Å². The molecule has 0 unspecified atom stereocenters. The topological polar surface area (TPSA) is 114 Å². The van der Waals surface area contributed by atoms with Crippen LogP contribution in [0.5, 0.6) is 0 Å². The van der Waals surface area contributed by atoms with Gasteiger partial charge in [-0.1, -0.05) is 48.7 Å². The molecule has 3 aliphatic heterocycles. The molecule has 1 saturated carbocycles. The fraction of sp³-hybridized carbons (Fsp3) is 0.548. The van der Waals surface area contributed by atoms with Crippen LogP contribution in [0.3, 0.4) is 0 Å². The molecular formula is C31H38N4O5. The zero-order valence-electron chi connectivity index (χ0n) is 23.8. The standard InChI is InChI=1S/C31H38N4O5/c1-18-17-22(34-39-18)32-26(36)23-24-28(38)35(21-13-11-20(12-14-21)19-9-7-6-8-10-19)25(27(37)33-29(2,3)4)31(24)16-15-30(23,5)40-31/h11-17,19,23-25H,6-10H2,1-5H3,(H,33,37)(H,32,34,36)/t23-,24-,25+,30+,31+/m0/s1. The molecule has 40 heavy (non-hydrogen) atoms. The van der Waals surface area contributed by atoms with Crippen molar-refractivity contribution in [2.75, 3.05) is 10.2 Å². The highest BCUT2D eigenvalue weighted by Gasteiger charge is 2.76. The molecule has 0 radical (unpaired) electrons. The highest BCUT2D eigenvalue weighted by molar-refractivity contribution is 6.11. The van der Waals surface area contributed by atoms with E-state index in [-0.39, 0.29) is 17.6 Å². The Hall–Kier alpha value is -3.46. The van der Waals surface area contributed by atoms with E-state index in [1.54, 1.807) is 24.8 Å². The van der Waals surface area contributed by atoms with Crippen LogP contribution in [0.15, 0.2) is 47.0 Å². The second-order valence-corrected chi connectivity index (χ2v) is 13.0. The number of nitrogens with one attached hydrogen (secondary N) is 2. The number of carbonyl (C=O) groups excluding carboxylic acids is 3. The Labute approximate surface area is 234 Å². The van der Waals surface area contributed by atoms with Crippen molar-refractivity contribution in [1.82, 2.24) is 10.5 Å². The number of aryl methyl sites for hydroxylation is 1. The van der Waals surface area contributed by atoms with Gasteiger partial charge in [0.05, 0.1) is 17.4 Å². The van der Waals surface area contributed by atoms with Crippen LogP contribution in [0, 0.1) is 18.8 Å². The van der Waals surface area contributed by atoms with E-state index < -0.39 is 40.5 Å². The molecule has 3 amide bonds. The first-order valence-electron chi connectivity index (χ1n) is 14.3. The molecular weight excluding hydrogens is 508 g/mol. The number of amides is 3. The predicted octanol–water partition coefficient (Wildman–Crippen LogP) is 4.63. The van der Waals surface area contributed by atoms with Gasteiger partial charge in [-0.15, -0.1) is 0 Å². The second-order valence-electron chi connectivity index (χ2n) is 13.0. The van der Waals surface area contributed by atoms with Gasteiger partial charge in [-0.2, -0.15) is 0 Å². The summed E-state index contributed by atoms with van der Waals surface area (Å²) in [4.78, 5) is 43.6. The van der Waals surface area contributed by atoms with Crippen molar-refractivity contribution < 1.29 is 23.6 Å². The van der Waals surface area contributed by atoms with Crippen LogP contribution < -0.4 is 15.5 Å². The zero-order chi connectivity index (χ0) is 28.4. The minimum atomic E-state index is -1.29. The van der Waals surface area contributed by atoms with E-state index in [9.17, 15) is 14.4 Å². The molecule has 4 aliphatic rings. The Balaban J connectivity index is 1.38. The van der Waals surface area contributed by atoms with Crippen LogP contribution >= 0.6 is 0 Å². The number of rotatable bonds is 5. The van der Waals surface area contributed by atoms with E-state index >= 15 is 0 Å². The van der Waals surface area contributed by atoms with Gasteiger partial charge in [-0.25, -0.2) is 0 Å². The number of hydrogen-bond donors (Lipinski definition) is 2. The monoisotopic (exact) mass is 546 g/mol. The molecule has 2 aromatic rings. The van der Waals surface area contributed by atoms with E-state index in [1.807, 2.05) is 45.1 Å². The van der Waals surface area contributed by atoms with Gasteiger partial charge < -0.3 is 19.9 Å². The third-order valence-electron chi connectivity index (χ3n) is 8.85. The van der Waals surface area contributed by atoms with Crippen molar-refractivity contribution in [3.8, 4) is 0 Å². The first kappa shape index (κ1) is 26.7. The highest BCUT2D eigenvalue weighted by atomic mass is 16.5. The Morgan fingerprint density at radius 1 is 1.05 bits per heavy atom. The van der Waals surface area contributed by atoms with Crippen molar-refractivity contribution in [2.24, 2.45) is 11.8 Å². The first-order chi connectivity index (χ1) is 18.9. The minimum Gasteiger partial charge on any atom is -0.360 e. The Morgan fingerprint density at radius 2 is 1.75 bits per heavy atom. The summed E-state index contributed by atoms with van der Waals surface area (Å²) >= 11 is 0. The van der Waals surface area contributed by atoms with Gasteiger partial charge in [0.2, 0.25) is 17.7 Å². The largest absolute Gasteiger partial charge is 0.360 e. The summed E-state index contributed by atoms with van der Waals surface area (Å²) in [5.41, 5.74) is -0.990. The SMILES string of the molecule is Cc1cc(NC(=O)[C@@H]2[C@H]3C(=O)N(c4ccc(C5CCCCC5)cc4)[C@H](C(=O)NC(C)(C)C)[C@@]34C=C[C@@]2(C)O4)no1. The Bertz CT molecular complexity index is 1370. The molecule has 5 atom stereocenters. The van der Waals surface area contributed by atoms with E-state index in [0.717, 1.165) is 0 Å². The van der Waals surface area contributed by atoms with Gasteiger partial charge in [0.15, 0.2) is 5.82 Å². The molecule has 4 heterocycles. The number of ether oxygens (including phenoxy) is 1. The van der Waals surface area contributed by atoms with Gasteiger partial charge in [0.1, 0.15) is 17.4 Å². The quantitative estimate of drug-likeness (QED) is 0.529. The van der Waals surface area contributed by atoms with Crippen molar-refractivity contribution in [1.29, 1.82) is 0 Å². The zero-order valence-corrected chi connectivity index (χ0v) is 23.8. The normalized spacial score (nSPS) is 31.5. The molecule has 1 aliphatic carbocycles. The summed E-state index contributed by atoms with van der Waals surface area (Å²) in [6, 6.07) is 8.67. The summed E-state index contributed by atoms with van der Waals surface area (Å²) in [5.74, 6) is -1.42. The maximum absolute atomic E-state index is 14.4. The van der Waals surface area contributed by atoms with Crippen molar-refractivity contribution in [3.05, 3.63) is 53.8 Å². The van der Waals surface area contributed by atoms with E-state index in [1.165, 1.54) is 37.7 Å². The lowest BCUT2D eigenvalue weighted by Gasteiger charge is -2.35. The molecule has 1 aromatic heterocycles. The lowest BCUT2D eigenvalue weighted by atomic mass is 9.70. The highest BCUT2D eigenvalue weighted by Crippen LogP contribution is 2.60.